The average molecular weight is 352 g/mol. The molecule has 26 heavy (non-hydrogen) atoms. The van der Waals surface area contributed by atoms with E-state index in [0.29, 0.717) is 6.42 Å². The minimum atomic E-state index is -1.12. The van der Waals surface area contributed by atoms with Crippen molar-refractivity contribution in [2.75, 3.05) is 7.11 Å². The molecule has 2 aliphatic rings. The van der Waals surface area contributed by atoms with E-state index in [1.165, 1.54) is 17.5 Å². The van der Waals surface area contributed by atoms with Crippen LogP contribution in [0.3, 0.4) is 0 Å². The Kier molecular flexibility index (Phi) is 4.53. The van der Waals surface area contributed by atoms with Gasteiger partial charge in [0.2, 0.25) is 0 Å². The number of carboxylic acid groups (broad SMARTS) is 1. The predicted molar refractivity (Wildman–Crippen MR) is 104 cm³/mol. The number of ether oxygens (including phenoxy) is 1. The van der Waals surface area contributed by atoms with Gasteiger partial charge < -0.3 is 9.84 Å². The lowest BCUT2D eigenvalue weighted by Gasteiger charge is -2.42. The smallest absolute Gasteiger partial charge is 0.382 e. The summed E-state index contributed by atoms with van der Waals surface area (Å²) in [6.07, 6.45) is 6.00. The number of carboxylic acids is 1. The molecule has 0 spiro atoms. The van der Waals surface area contributed by atoms with Crippen LogP contribution in [0.25, 0.3) is 5.57 Å². The van der Waals surface area contributed by atoms with Crippen LogP contribution in [-0.2, 0) is 20.4 Å². The zero-order valence-electron chi connectivity index (χ0n) is 16.4. The molecule has 0 aromatic heterocycles. The average Bonchev–Trinajstić information content (AvgIpc) is 3.01. The molecule has 3 heteroatoms. The van der Waals surface area contributed by atoms with Gasteiger partial charge in [0, 0.05) is 13.0 Å². The first-order valence-corrected chi connectivity index (χ1v) is 9.29. The lowest BCUT2D eigenvalue weighted by Crippen LogP contribution is -2.34. The molecule has 0 saturated heterocycles. The van der Waals surface area contributed by atoms with Crippen molar-refractivity contribution in [1.29, 1.82) is 0 Å². The molecular weight excluding hydrogens is 324 g/mol. The molecule has 0 saturated carbocycles. The van der Waals surface area contributed by atoms with Crippen molar-refractivity contribution in [3.8, 4) is 11.8 Å². The molecule has 3 nitrogen and oxygen atoms in total. The Hall–Kier alpha value is -2.05. The van der Waals surface area contributed by atoms with E-state index in [1.807, 2.05) is 0 Å². The summed E-state index contributed by atoms with van der Waals surface area (Å²) >= 11 is 0. The monoisotopic (exact) mass is 352 g/mol. The molecule has 0 heterocycles. The second kappa shape index (κ2) is 6.28. The topological polar surface area (TPSA) is 46.5 Å². The lowest BCUT2D eigenvalue weighted by molar-refractivity contribution is -0.130. The number of allylic oxidation sites excluding steroid dienone is 1. The normalized spacial score (nSPS) is 25.7. The first-order chi connectivity index (χ1) is 12.1. The molecule has 1 unspecified atom stereocenters. The lowest BCUT2D eigenvalue weighted by atomic mass is 9.62. The summed E-state index contributed by atoms with van der Waals surface area (Å²) in [5, 5.41) is 8.98. The van der Waals surface area contributed by atoms with E-state index in [4.69, 9.17) is 9.84 Å². The van der Waals surface area contributed by atoms with Gasteiger partial charge in [-0.1, -0.05) is 57.9 Å². The molecule has 1 aromatic carbocycles. The molecular formula is C23H28O3. The standard InChI is InChI=1S/C23H28O3/c1-21(2)13-14-22(3,4)19-15-16(8-9-18(19)21)17-7-6-11-23(17,26-5)12-10-20(24)25/h7-9,15H,6,11,13-14H2,1-5H3,(H,24,25). The number of methoxy groups -OCH3 is 1. The highest BCUT2D eigenvalue weighted by Crippen LogP contribution is 2.48. The maximum atomic E-state index is 11.0. The first-order valence-electron chi connectivity index (χ1n) is 9.29. The Morgan fingerprint density at radius 3 is 2.35 bits per heavy atom. The molecule has 0 aliphatic heterocycles. The van der Waals surface area contributed by atoms with Gasteiger partial charge in [-0.15, -0.1) is 0 Å². The highest BCUT2D eigenvalue weighted by Gasteiger charge is 2.40. The Morgan fingerprint density at radius 1 is 1.08 bits per heavy atom. The summed E-state index contributed by atoms with van der Waals surface area (Å²) in [7, 11) is 1.61. The summed E-state index contributed by atoms with van der Waals surface area (Å²) in [5.74, 6) is 4.02. The van der Waals surface area contributed by atoms with Crippen molar-refractivity contribution in [2.45, 2.75) is 69.8 Å². The summed E-state index contributed by atoms with van der Waals surface area (Å²) in [4.78, 5) is 11.0. The Bertz CT molecular complexity index is 833. The highest BCUT2D eigenvalue weighted by molar-refractivity contribution is 5.88. The Balaban J connectivity index is 2.11. The van der Waals surface area contributed by atoms with Crippen LogP contribution in [0.1, 0.15) is 70.1 Å². The minimum absolute atomic E-state index is 0.127. The van der Waals surface area contributed by atoms with E-state index < -0.39 is 11.6 Å². The van der Waals surface area contributed by atoms with Crippen molar-refractivity contribution >= 4 is 11.5 Å². The third-order valence-electron chi connectivity index (χ3n) is 6.16. The number of aliphatic carboxylic acids is 1. The second-order valence-corrected chi connectivity index (χ2v) is 8.77. The zero-order chi connectivity index (χ0) is 19.2. The van der Waals surface area contributed by atoms with Crippen LogP contribution in [0, 0.1) is 11.8 Å². The van der Waals surface area contributed by atoms with E-state index in [0.717, 1.165) is 24.0 Å². The zero-order valence-corrected chi connectivity index (χ0v) is 16.4. The van der Waals surface area contributed by atoms with Crippen LogP contribution in [0.5, 0.6) is 0 Å². The molecule has 3 rings (SSSR count). The van der Waals surface area contributed by atoms with Crippen molar-refractivity contribution < 1.29 is 14.6 Å². The van der Waals surface area contributed by atoms with E-state index in [9.17, 15) is 4.79 Å². The van der Waals surface area contributed by atoms with Crippen LogP contribution in [-0.4, -0.2) is 23.8 Å². The fourth-order valence-electron chi connectivity index (χ4n) is 4.37. The van der Waals surface area contributed by atoms with Gasteiger partial charge in [0.15, 0.2) is 5.60 Å². The van der Waals surface area contributed by atoms with Crippen LogP contribution < -0.4 is 0 Å². The quantitative estimate of drug-likeness (QED) is 0.786. The van der Waals surface area contributed by atoms with E-state index >= 15 is 0 Å². The van der Waals surface area contributed by atoms with Crippen LogP contribution in [0.15, 0.2) is 24.3 Å². The number of carbonyl (C=O) groups is 1. The molecule has 0 amide bonds. The number of fused-ring (bicyclic) bond motifs is 1. The molecule has 1 N–H and O–H groups in total. The van der Waals surface area contributed by atoms with Crippen molar-refractivity contribution in [3.63, 3.8) is 0 Å². The van der Waals surface area contributed by atoms with Gasteiger partial charge in [0.25, 0.3) is 0 Å². The summed E-state index contributed by atoms with van der Waals surface area (Å²) < 4.78 is 5.75. The van der Waals surface area contributed by atoms with Gasteiger partial charge in [0.1, 0.15) is 0 Å². The van der Waals surface area contributed by atoms with Gasteiger partial charge in [-0.05, 0) is 58.8 Å². The van der Waals surface area contributed by atoms with E-state index in [2.05, 4.69) is 63.8 Å². The third-order valence-corrected chi connectivity index (χ3v) is 6.16. The van der Waals surface area contributed by atoms with Gasteiger partial charge in [-0.2, -0.15) is 0 Å². The van der Waals surface area contributed by atoms with E-state index in [-0.39, 0.29) is 10.8 Å². The Labute approximate surface area is 156 Å². The fourth-order valence-corrected chi connectivity index (χ4v) is 4.37. The minimum Gasteiger partial charge on any atom is -0.472 e. The fraction of sp³-hybridized carbons (Fsp3) is 0.522. The molecule has 0 radical (unpaired) electrons. The molecule has 138 valence electrons. The molecule has 1 aromatic rings. The number of benzene rings is 1. The van der Waals surface area contributed by atoms with Crippen molar-refractivity contribution in [1.82, 2.24) is 0 Å². The second-order valence-electron chi connectivity index (χ2n) is 8.77. The molecule has 2 aliphatic carbocycles. The summed E-state index contributed by atoms with van der Waals surface area (Å²) in [6.45, 7) is 9.24. The van der Waals surface area contributed by atoms with Gasteiger partial charge in [-0.3, -0.25) is 0 Å². The molecule has 0 bridgehead atoms. The third kappa shape index (κ3) is 3.08. The van der Waals surface area contributed by atoms with Crippen molar-refractivity contribution in [2.24, 2.45) is 0 Å². The van der Waals surface area contributed by atoms with Crippen LogP contribution >= 0.6 is 0 Å². The van der Waals surface area contributed by atoms with Gasteiger partial charge >= 0.3 is 5.97 Å². The number of hydrogen-bond donors (Lipinski definition) is 1. The molecule has 0 fully saturated rings. The predicted octanol–water partition coefficient (Wildman–Crippen LogP) is 4.69. The summed E-state index contributed by atoms with van der Waals surface area (Å²) in [6, 6.07) is 6.68. The first kappa shape index (κ1) is 18.7. The SMILES string of the molecule is COC1(C#CC(=O)O)CCC=C1c1ccc2c(c1)C(C)(C)CCC2(C)C. The van der Waals surface area contributed by atoms with Crippen molar-refractivity contribution in [3.05, 3.63) is 41.0 Å². The van der Waals surface area contributed by atoms with Gasteiger partial charge in [-0.25, -0.2) is 4.79 Å². The number of hydrogen-bond acceptors (Lipinski definition) is 2. The maximum Gasteiger partial charge on any atom is 0.382 e. The van der Waals surface area contributed by atoms with E-state index in [1.54, 1.807) is 7.11 Å². The number of rotatable bonds is 2. The largest absolute Gasteiger partial charge is 0.472 e. The van der Waals surface area contributed by atoms with Crippen LogP contribution in [0.4, 0.5) is 0 Å². The van der Waals surface area contributed by atoms with Crippen LogP contribution in [0.2, 0.25) is 0 Å². The Morgan fingerprint density at radius 2 is 1.73 bits per heavy atom. The maximum absolute atomic E-state index is 11.0. The highest BCUT2D eigenvalue weighted by atomic mass is 16.5. The van der Waals surface area contributed by atoms with Gasteiger partial charge in [0.05, 0.1) is 0 Å². The summed E-state index contributed by atoms with van der Waals surface area (Å²) in [5.41, 5.74) is 4.36. The molecule has 1 atom stereocenters.